The summed E-state index contributed by atoms with van der Waals surface area (Å²) >= 11 is 0. The third kappa shape index (κ3) is 3.37. The lowest BCUT2D eigenvalue weighted by molar-refractivity contribution is 0.586. The SMILES string of the molecule is C[Si](C)(C)C#Cc1cc(F)cc(F)c1N. The predicted molar refractivity (Wildman–Crippen MR) is 61.0 cm³/mol. The summed E-state index contributed by atoms with van der Waals surface area (Å²) in [5, 5.41) is 0. The minimum Gasteiger partial charge on any atom is -0.395 e. The second kappa shape index (κ2) is 4.03. The summed E-state index contributed by atoms with van der Waals surface area (Å²) in [5.41, 5.74) is 8.61. The Kier molecular flexibility index (Phi) is 3.15. The highest BCUT2D eigenvalue weighted by Gasteiger charge is 2.09. The third-order valence-electron chi connectivity index (χ3n) is 1.67. The van der Waals surface area contributed by atoms with Crippen molar-refractivity contribution in [2.45, 2.75) is 19.6 Å². The Morgan fingerprint density at radius 1 is 1.20 bits per heavy atom. The number of nitrogen functional groups attached to an aromatic ring is 1. The maximum atomic E-state index is 13.0. The Morgan fingerprint density at radius 2 is 1.80 bits per heavy atom. The van der Waals surface area contributed by atoms with Gasteiger partial charge in [-0.2, -0.15) is 0 Å². The summed E-state index contributed by atoms with van der Waals surface area (Å²) in [5.74, 6) is 1.34. The summed E-state index contributed by atoms with van der Waals surface area (Å²) < 4.78 is 25.9. The maximum absolute atomic E-state index is 13.0. The standard InChI is InChI=1S/C11H13F2NSi/c1-15(2,3)5-4-8-6-9(12)7-10(13)11(8)14/h6-7H,14H2,1-3H3. The van der Waals surface area contributed by atoms with Crippen molar-refractivity contribution in [3.8, 4) is 11.5 Å². The largest absolute Gasteiger partial charge is 0.395 e. The number of benzene rings is 1. The van der Waals surface area contributed by atoms with Crippen LogP contribution < -0.4 is 5.73 Å². The predicted octanol–water partition coefficient (Wildman–Crippen LogP) is 2.78. The lowest BCUT2D eigenvalue weighted by Crippen LogP contribution is -2.16. The van der Waals surface area contributed by atoms with Crippen LogP contribution in [0.25, 0.3) is 0 Å². The summed E-state index contributed by atoms with van der Waals surface area (Å²) in [6.45, 7) is 6.14. The zero-order chi connectivity index (χ0) is 11.6. The van der Waals surface area contributed by atoms with Crippen LogP contribution in [-0.2, 0) is 0 Å². The average molecular weight is 225 g/mol. The van der Waals surface area contributed by atoms with E-state index in [2.05, 4.69) is 11.5 Å². The third-order valence-corrected chi connectivity index (χ3v) is 2.54. The lowest BCUT2D eigenvalue weighted by atomic mass is 10.2. The summed E-state index contributed by atoms with van der Waals surface area (Å²) in [4.78, 5) is 0. The van der Waals surface area contributed by atoms with Gasteiger partial charge in [-0.15, -0.1) is 5.54 Å². The van der Waals surface area contributed by atoms with E-state index in [0.29, 0.717) is 0 Å². The minimum atomic E-state index is -1.56. The van der Waals surface area contributed by atoms with Gasteiger partial charge < -0.3 is 5.73 Å². The van der Waals surface area contributed by atoms with E-state index < -0.39 is 19.7 Å². The van der Waals surface area contributed by atoms with E-state index in [4.69, 9.17) is 5.73 Å². The van der Waals surface area contributed by atoms with Crippen molar-refractivity contribution in [3.63, 3.8) is 0 Å². The van der Waals surface area contributed by atoms with E-state index in [0.717, 1.165) is 12.1 Å². The molecule has 1 rings (SSSR count). The number of hydrogen-bond donors (Lipinski definition) is 1. The molecule has 0 spiro atoms. The van der Waals surface area contributed by atoms with Crippen LogP contribution in [0.5, 0.6) is 0 Å². The van der Waals surface area contributed by atoms with Crippen LogP contribution >= 0.6 is 0 Å². The van der Waals surface area contributed by atoms with Gasteiger partial charge in [-0.25, -0.2) is 8.78 Å². The maximum Gasteiger partial charge on any atom is 0.150 e. The van der Waals surface area contributed by atoms with E-state index >= 15 is 0 Å². The molecule has 1 nitrogen and oxygen atoms in total. The molecule has 0 heterocycles. The Balaban J connectivity index is 3.20. The number of nitrogens with two attached hydrogens (primary N) is 1. The lowest BCUT2D eigenvalue weighted by Gasteiger charge is -2.05. The Labute approximate surface area is 89.3 Å². The van der Waals surface area contributed by atoms with Gasteiger partial charge in [0, 0.05) is 6.07 Å². The fourth-order valence-corrected chi connectivity index (χ4v) is 1.45. The molecule has 0 atom stereocenters. The van der Waals surface area contributed by atoms with Gasteiger partial charge in [0.1, 0.15) is 19.7 Å². The van der Waals surface area contributed by atoms with Crippen LogP contribution in [0.4, 0.5) is 14.5 Å². The van der Waals surface area contributed by atoms with Crippen LogP contribution in [-0.4, -0.2) is 8.07 Å². The van der Waals surface area contributed by atoms with Gasteiger partial charge in [0.25, 0.3) is 0 Å². The van der Waals surface area contributed by atoms with Crippen molar-refractivity contribution < 1.29 is 8.78 Å². The molecule has 0 fully saturated rings. The first kappa shape index (κ1) is 11.7. The molecule has 1 aromatic rings. The average Bonchev–Trinajstić information content (AvgIpc) is 2.07. The molecule has 0 aliphatic heterocycles. The zero-order valence-electron chi connectivity index (χ0n) is 8.99. The van der Waals surface area contributed by atoms with Crippen molar-refractivity contribution in [3.05, 3.63) is 29.3 Å². The highest BCUT2D eigenvalue weighted by Crippen LogP contribution is 2.17. The molecule has 0 unspecified atom stereocenters. The van der Waals surface area contributed by atoms with Crippen molar-refractivity contribution >= 4 is 13.8 Å². The molecular weight excluding hydrogens is 212 g/mol. The van der Waals surface area contributed by atoms with Gasteiger partial charge in [0.2, 0.25) is 0 Å². The van der Waals surface area contributed by atoms with E-state index in [1.165, 1.54) is 0 Å². The first-order valence-electron chi connectivity index (χ1n) is 4.57. The van der Waals surface area contributed by atoms with Crippen molar-refractivity contribution in [2.75, 3.05) is 5.73 Å². The number of rotatable bonds is 0. The minimum absolute atomic E-state index is 0.0813. The van der Waals surface area contributed by atoms with Crippen LogP contribution in [0.3, 0.4) is 0 Å². The van der Waals surface area contributed by atoms with Gasteiger partial charge in [-0.3, -0.25) is 0 Å². The zero-order valence-corrected chi connectivity index (χ0v) is 9.99. The van der Waals surface area contributed by atoms with Crippen LogP contribution in [0.1, 0.15) is 5.56 Å². The molecule has 0 bridgehead atoms. The monoisotopic (exact) mass is 225 g/mol. The fraction of sp³-hybridized carbons (Fsp3) is 0.273. The molecule has 4 heteroatoms. The van der Waals surface area contributed by atoms with Gasteiger partial charge in [-0.05, 0) is 6.07 Å². The summed E-state index contributed by atoms with van der Waals surface area (Å²) in [6.07, 6.45) is 0. The van der Waals surface area contributed by atoms with Crippen LogP contribution in [0.2, 0.25) is 19.6 Å². The molecule has 0 aliphatic carbocycles. The first-order valence-corrected chi connectivity index (χ1v) is 8.07. The first-order chi connectivity index (χ1) is 6.79. The van der Waals surface area contributed by atoms with E-state index in [1.54, 1.807) is 0 Å². The van der Waals surface area contributed by atoms with Crippen molar-refractivity contribution in [1.82, 2.24) is 0 Å². The molecule has 1 aromatic carbocycles. The van der Waals surface area contributed by atoms with Gasteiger partial charge in [0.15, 0.2) is 0 Å². The molecule has 2 N–H and O–H groups in total. The molecule has 0 aliphatic rings. The number of hydrogen-bond acceptors (Lipinski definition) is 1. The summed E-state index contributed by atoms with van der Waals surface area (Å²) in [6, 6.07) is 1.92. The molecular formula is C11H13F2NSi. The van der Waals surface area contributed by atoms with Gasteiger partial charge >= 0.3 is 0 Å². The Hall–Kier alpha value is -1.34. The van der Waals surface area contributed by atoms with Gasteiger partial charge in [-0.1, -0.05) is 25.6 Å². The van der Waals surface area contributed by atoms with Crippen molar-refractivity contribution in [2.24, 2.45) is 0 Å². The molecule has 80 valence electrons. The van der Waals surface area contributed by atoms with Gasteiger partial charge in [0.05, 0.1) is 11.3 Å². The Bertz CT molecular complexity index is 438. The Morgan fingerprint density at radius 3 is 2.33 bits per heavy atom. The summed E-state index contributed by atoms with van der Waals surface area (Å²) in [7, 11) is -1.56. The highest BCUT2D eigenvalue weighted by atomic mass is 28.3. The van der Waals surface area contributed by atoms with Crippen LogP contribution in [0, 0.1) is 23.1 Å². The molecule has 0 radical (unpaired) electrons. The second-order valence-corrected chi connectivity index (χ2v) is 9.10. The van der Waals surface area contributed by atoms with E-state index in [1.807, 2.05) is 19.6 Å². The molecule has 15 heavy (non-hydrogen) atoms. The fourth-order valence-electron chi connectivity index (χ4n) is 0.943. The smallest absolute Gasteiger partial charge is 0.150 e. The number of anilines is 1. The second-order valence-electron chi connectivity index (χ2n) is 4.35. The quantitative estimate of drug-likeness (QED) is 0.410. The molecule has 0 saturated carbocycles. The highest BCUT2D eigenvalue weighted by molar-refractivity contribution is 6.83. The van der Waals surface area contributed by atoms with E-state index in [9.17, 15) is 8.78 Å². The van der Waals surface area contributed by atoms with Crippen molar-refractivity contribution in [1.29, 1.82) is 0 Å². The van der Waals surface area contributed by atoms with Crippen LogP contribution in [0.15, 0.2) is 12.1 Å². The molecule has 0 amide bonds. The molecule has 0 aromatic heterocycles. The normalized spacial score (nSPS) is 10.7. The molecule has 0 saturated heterocycles. The number of halogens is 2. The topological polar surface area (TPSA) is 26.0 Å². The van der Waals surface area contributed by atoms with E-state index in [-0.39, 0.29) is 11.3 Å².